The Balaban J connectivity index is 4.34. The molecule has 0 radical (unpaired) electrons. The van der Waals surface area contributed by atoms with Crippen molar-refractivity contribution in [2.24, 2.45) is 11.5 Å². The molecule has 7 heteroatoms. The van der Waals surface area contributed by atoms with Gasteiger partial charge in [-0.3, -0.25) is 9.59 Å². The number of hydrogen-bond donors (Lipinski definition) is 4. The molecule has 92 valence electrons. The van der Waals surface area contributed by atoms with E-state index in [0.717, 1.165) is 0 Å². The van der Waals surface area contributed by atoms with Crippen LogP contribution >= 0.6 is 0 Å². The van der Waals surface area contributed by atoms with Gasteiger partial charge in [-0.2, -0.15) is 0 Å². The third-order valence-corrected chi connectivity index (χ3v) is 1.96. The van der Waals surface area contributed by atoms with Gasteiger partial charge in [-0.05, 0) is 6.42 Å². The van der Waals surface area contributed by atoms with Gasteiger partial charge >= 0.3 is 5.97 Å². The molecule has 0 bridgehead atoms. The second-order valence-electron chi connectivity index (χ2n) is 3.47. The fourth-order valence-electron chi connectivity index (χ4n) is 1.12. The molecule has 7 nitrogen and oxygen atoms in total. The third-order valence-electron chi connectivity index (χ3n) is 1.96. The molecule has 0 aromatic rings. The number of nitrogens with one attached hydrogen (secondary N) is 1. The van der Waals surface area contributed by atoms with Crippen LogP contribution in [0.25, 0.3) is 0 Å². The summed E-state index contributed by atoms with van der Waals surface area (Å²) in [7, 11) is 0. The maximum atomic E-state index is 11.4. The van der Waals surface area contributed by atoms with Crippen LogP contribution in [0.3, 0.4) is 0 Å². The summed E-state index contributed by atoms with van der Waals surface area (Å²) in [5.41, 5.74) is 10.3. The molecule has 0 aliphatic carbocycles. The number of amides is 2. The van der Waals surface area contributed by atoms with Gasteiger partial charge in [0.15, 0.2) is 0 Å². The number of carbonyl (C=O) groups excluding carboxylic acids is 2. The highest BCUT2D eigenvalue weighted by Crippen LogP contribution is 1.97. The molecule has 0 saturated carbocycles. The summed E-state index contributed by atoms with van der Waals surface area (Å²) in [6.07, 6.45) is 0.719. The topological polar surface area (TPSA) is 136 Å². The van der Waals surface area contributed by atoms with Crippen LogP contribution in [0.2, 0.25) is 0 Å². The first-order valence-electron chi connectivity index (χ1n) is 4.95. The van der Waals surface area contributed by atoms with Crippen LogP contribution in [0, 0.1) is 0 Å². The highest BCUT2D eigenvalue weighted by molar-refractivity contribution is 5.89. The summed E-state index contributed by atoms with van der Waals surface area (Å²) in [5, 5.41) is 10.9. The molecule has 0 spiro atoms. The average molecular weight is 231 g/mol. The molecule has 0 saturated heterocycles. The number of carboxylic acid groups (broad SMARTS) is 1. The summed E-state index contributed by atoms with van der Waals surface area (Å²) in [5.74, 6) is -2.69. The van der Waals surface area contributed by atoms with Crippen molar-refractivity contribution in [2.75, 3.05) is 0 Å². The zero-order valence-electron chi connectivity index (χ0n) is 9.10. The van der Waals surface area contributed by atoms with Crippen LogP contribution in [-0.2, 0) is 14.4 Å². The van der Waals surface area contributed by atoms with Gasteiger partial charge < -0.3 is 21.9 Å². The number of carboxylic acids is 1. The Hall–Kier alpha value is -1.63. The van der Waals surface area contributed by atoms with Crippen molar-refractivity contribution in [3.8, 4) is 0 Å². The number of aliphatic carboxylic acids is 1. The summed E-state index contributed by atoms with van der Waals surface area (Å²) < 4.78 is 0. The summed E-state index contributed by atoms with van der Waals surface area (Å²) >= 11 is 0. The van der Waals surface area contributed by atoms with Crippen molar-refractivity contribution in [2.45, 2.75) is 38.3 Å². The van der Waals surface area contributed by atoms with Gasteiger partial charge in [0.05, 0.1) is 12.5 Å². The number of nitrogens with two attached hydrogens (primary N) is 2. The number of rotatable bonds is 7. The van der Waals surface area contributed by atoms with Crippen molar-refractivity contribution in [3.63, 3.8) is 0 Å². The Morgan fingerprint density at radius 3 is 2.31 bits per heavy atom. The number of hydrogen-bond acceptors (Lipinski definition) is 4. The molecule has 0 aromatic heterocycles. The molecule has 0 aliphatic rings. The standard InChI is InChI=1S/C9H17N3O4/c1-2-3-5(10)8(14)12-6(9(15)16)4-7(11)13/h5-6H,2-4,10H2,1H3,(H2,11,13)(H,12,14)(H,15,16)/t5-,6-/m0/s1. The van der Waals surface area contributed by atoms with Gasteiger partial charge in [0, 0.05) is 0 Å². The predicted molar refractivity (Wildman–Crippen MR) is 56.3 cm³/mol. The molecule has 2 atom stereocenters. The molecule has 0 unspecified atom stereocenters. The molecule has 0 heterocycles. The molecule has 0 rings (SSSR count). The molecule has 16 heavy (non-hydrogen) atoms. The van der Waals surface area contributed by atoms with Crippen molar-refractivity contribution in [1.82, 2.24) is 5.32 Å². The fraction of sp³-hybridized carbons (Fsp3) is 0.667. The van der Waals surface area contributed by atoms with Crippen LogP contribution < -0.4 is 16.8 Å². The van der Waals surface area contributed by atoms with Crippen molar-refractivity contribution < 1.29 is 19.5 Å². The molecule has 0 aromatic carbocycles. The lowest BCUT2D eigenvalue weighted by atomic mass is 10.1. The van der Waals surface area contributed by atoms with E-state index in [4.69, 9.17) is 16.6 Å². The van der Waals surface area contributed by atoms with Crippen LogP contribution in [0.1, 0.15) is 26.2 Å². The van der Waals surface area contributed by atoms with Gasteiger partial charge in [0.1, 0.15) is 6.04 Å². The van der Waals surface area contributed by atoms with Crippen LogP contribution in [-0.4, -0.2) is 35.0 Å². The Kier molecular flexibility index (Phi) is 6.09. The summed E-state index contributed by atoms with van der Waals surface area (Å²) in [4.78, 5) is 32.6. The number of primary amides is 1. The highest BCUT2D eigenvalue weighted by Gasteiger charge is 2.24. The Labute approximate surface area is 93.2 Å². The SMILES string of the molecule is CCC[C@H](N)C(=O)N[C@@H](CC(N)=O)C(=O)O. The largest absolute Gasteiger partial charge is 0.480 e. The first kappa shape index (κ1) is 14.4. The monoisotopic (exact) mass is 231 g/mol. The lowest BCUT2D eigenvalue weighted by Gasteiger charge is -2.16. The van der Waals surface area contributed by atoms with E-state index in [1.165, 1.54) is 0 Å². The van der Waals surface area contributed by atoms with E-state index in [9.17, 15) is 14.4 Å². The average Bonchev–Trinajstić information content (AvgIpc) is 2.16. The van der Waals surface area contributed by atoms with Crippen molar-refractivity contribution in [3.05, 3.63) is 0 Å². The molecular formula is C9H17N3O4. The molecule has 2 amide bonds. The van der Waals surface area contributed by atoms with Gasteiger partial charge in [-0.1, -0.05) is 13.3 Å². The van der Waals surface area contributed by atoms with E-state index < -0.39 is 36.3 Å². The van der Waals surface area contributed by atoms with Gasteiger partial charge in [-0.25, -0.2) is 4.79 Å². The van der Waals surface area contributed by atoms with E-state index in [2.05, 4.69) is 5.32 Å². The summed E-state index contributed by atoms with van der Waals surface area (Å²) in [6, 6.07) is -2.08. The maximum absolute atomic E-state index is 11.4. The Morgan fingerprint density at radius 2 is 1.94 bits per heavy atom. The van der Waals surface area contributed by atoms with Gasteiger partial charge in [0.2, 0.25) is 11.8 Å². The van der Waals surface area contributed by atoms with Crippen molar-refractivity contribution >= 4 is 17.8 Å². The van der Waals surface area contributed by atoms with E-state index >= 15 is 0 Å². The molecule has 6 N–H and O–H groups in total. The van der Waals surface area contributed by atoms with Crippen LogP contribution in [0.5, 0.6) is 0 Å². The predicted octanol–water partition coefficient (Wildman–Crippen LogP) is -1.44. The minimum absolute atomic E-state index is 0.445. The van der Waals surface area contributed by atoms with E-state index in [-0.39, 0.29) is 0 Å². The zero-order chi connectivity index (χ0) is 12.7. The van der Waals surface area contributed by atoms with Gasteiger partial charge in [0.25, 0.3) is 0 Å². The molecule has 0 fully saturated rings. The minimum atomic E-state index is -1.31. The van der Waals surface area contributed by atoms with Crippen LogP contribution in [0.15, 0.2) is 0 Å². The minimum Gasteiger partial charge on any atom is -0.480 e. The maximum Gasteiger partial charge on any atom is 0.326 e. The number of carbonyl (C=O) groups is 3. The van der Waals surface area contributed by atoms with E-state index in [1.807, 2.05) is 6.92 Å². The second-order valence-corrected chi connectivity index (χ2v) is 3.47. The smallest absolute Gasteiger partial charge is 0.326 e. The van der Waals surface area contributed by atoms with Crippen molar-refractivity contribution in [1.29, 1.82) is 0 Å². The van der Waals surface area contributed by atoms with E-state index in [1.54, 1.807) is 0 Å². The van der Waals surface area contributed by atoms with Gasteiger partial charge in [-0.15, -0.1) is 0 Å². The zero-order valence-corrected chi connectivity index (χ0v) is 9.10. The lowest BCUT2D eigenvalue weighted by molar-refractivity contribution is -0.143. The summed E-state index contributed by atoms with van der Waals surface area (Å²) in [6.45, 7) is 1.85. The first-order valence-corrected chi connectivity index (χ1v) is 4.95. The second kappa shape index (κ2) is 6.78. The van der Waals surface area contributed by atoms with Crippen LogP contribution in [0.4, 0.5) is 0 Å². The van der Waals surface area contributed by atoms with E-state index in [0.29, 0.717) is 12.8 Å². The Bertz CT molecular complexity index is 280. The highest BCUT2D eigenvalue weighted by atomic mass is 16.4. The third kappa shape index (κ3) is 5.30. The normalized spacial score (nSPS) is 13.9. The molecular weight excluding hydrogens is 214 g/mol. The fourth-order valence-corrected chi connectivity index (χ4v) is 1.12. The quantitative estimate of drug-likeness (QED) is 0.425. The molecule has 0 aliphatic heterocycles. The Morgan fingerprint density at radius 1 is 1.38 bits per heavy atom. The first-order chi connectivity index (χ1) is 7.38. The lowest BCUT2D eigenvalue weighted by Crippen LogP contribution is -2.49.